The molecule has 0 aliphatic rings. The number of amides is 1. The van der Waals surface area contributed by atoms with Gasteiger partial charge in [0.05, 0.1) is 0 Å². The lowest BCUT2D eigenvalue weighted by molar-refractivity contribution is -0.116. The molecule has 0 radical (unpaired) electrons. The van der Waals surface area contributed by atoms with Crippen molar-refractivity contribution >= 4 is 23.2 Å². The molecule has 0 spiro atoms. The van der Waals surface area contributed by atoms with Gasteiger partial charge in [-0.2, -0.15) is 0 Å². The van der Waals surface area contributed by atoms with Gasteiger partial charge in [-0.3, -0.25) is 4.79 Å². The zero-order valence-electron chi connectivity index (χ0n) is 9.30. The normalized spacial score (nSPS) is 10.5. The summed E-state index contributed by atoms with van der Waals surface area (Å²) >= 11 is 5.95. The van der Waals surface area contributed by atoms with Gasteiger partial charge in [0.2, 0.25) is 5.91 Å². The molecule has 1 aromatic rings. The lowest BCUT2D eigenvalue weighted by Crippen LogP contribution is -2.13. The highest BCUT2D eigenvalue weighted by atomic mass is 35.5. The average molecular weight is 226 g/mol. The van der Waals surface area contributed by atoms with Gasteiger partial charge in [0, 0.05) is 17.1 Å². The van der Waals surface area contributed by atoms with Crippen molar-refractivity contribution in [2.75, 3.05) is 5.32 Å². The second-order valence-electron chi connectivity index (χ2n) is 4.11. The van der Waals surface area contributed by atoms with E-state index in [4.69, 9.17) is 11.6 Å². The Morgan fingerprint density at radius 2 is 2.13 bits per heavy atom. The minimum absolute atomic E-state index is 0.0323. The third kappa shape index (κ3) is 3.92. The van der Waals surface area contributed by atoms with Crippen molar-refractivity contribution in [2.24, 2.45) is 5.92 Å². The van der Waals surface area contributed by atoms with Gasteiger partial charge in [0.15, 0.2) is 0 Å². The van der Waals surface area contributed by atoms with Gasteiger partial charge >= 0.3 is 0 Å². The van der Waals surface area contributed by atoms with Crippen molar-refractivity contribution in [3.63, 3.8) is 0 Å². The molecule has 1 N–H and O–H groups in total. The molecule has 0 saturated heterocycles. The maximum absolute atomic E-state index is 11.5. The summed E-state index contributed by atoms with van der Waals surface area (Å²) in [4.78, 5) is 11.5. The van der Waals surface area contributed by atoms with E-state index in [1.165, 1.54) is 0 Å². The van der Waals surface area contributed by atoms with Gasteiger partial charge in [-0.05, 0) is 30.5 Å². The SMILES string of the molecule is Cc1ccc(NC(=O)CC(C)C)cc1Cl. The number of halogens is 1. The van der Waals surface area contributed by atoms with Gasteiger partial charge in [0.1, 0.15) is 0 Å². The highest BCUT2D eigenvalue weighted by Gasteiger charge is 2.05. The molecule has 0 aliphatic carbocycles. The zero-order chi connectivity index (χ0) is 11.4. The fraction of sp³-hybridized carbons (Fsp3) is 0.417. The van der Waals surface area contributed by atoms with Crippen LogP contribution >= 0.6 is 11.6 Å². The summed E-state index contributed by atoms with van der Waals surface area (Å²) in [6, 6.07) is 5.53. The van der Waals surface area contributed by atoms with Crippen molar-refractivity contribution in [2.45, 2.75) is 27.2 Å². The van der Waals surface area contributed by atoms with E-state index in [0.717, 1.165) is 11.3 Å². The minimum Gasteiger partial charge on any atom is -0.326 e. The monoisotopic (exact) mass is 225 g/mol. The van der Waals surface area contributed by atoms with E-state index < -0.39 is 0 Å². The fourth-order valence-electron chi connectivity index (χ4n) is 1.25. The lowest BCUT2D eigenvalue weighted by atomic mass is 10.1. The van der Waals surface area contributed by atoms with Crippen molar-refractivity contribution in [3.8, 4) is 0 Å². The Morgan fingerprint density at radius 3 is 2.67 bits per heavy atom. The maximum atomic E-state index is 11.5. The molecule has 0 saturated carbocycles. The molecular weight excluding hydrogens is 210 g/mol. The number of hydrogen-bond acceptors (Lipinski definition) is 1. The van der Waals surface area contributed by atoms with Crippen LogP contribution in [-0.4, -0.2) is 5.91 Å². The number of carbonyl (C=O) groups excluding carboxylic acids is 1. The Hall–Kier alpha value is -1.02. The molecule has 82 valence electrons. The molecular formula is C12H16ClNO. The first-order valence-corrected chi connectivity index (χ1v) is 5.43. The van der Waals surface area contributed by atoms with Crippen LogP contribution in [-0.2, 0) is 4.79 Å². The third-order valence-electron chi connectivity index (χ3n) is 2.05. The summed E-state index contributed by atoms with van der Waals surface area (Å²) in [6.45, 7) is 5.96. The Bertz CT molecular complexity index is 361. The van der Waals surface area contributed by atoms with E-state index in [9.17, 15) is 4.79 Å². The summed E-state index contributed by atoms with van der Waals surface area (Å²) in [5, 5.41) is 3.50. The Morgan fingerprint density at radius 1 is 1.47 bits per heavy atom. The van der Waals surface area contributed by atoms with Crippen molar-refractivity contribution in [1.29, 1.82) is 0 Å². The van der Waals surface area contributed by atoms with Crippen LogP contribution in [0.3, 0.4) is 0 Å². The summed E-state index contributed by atoms with van der Waals surface area (Å²) in [6.07, 6.45) is 0.533. The summed E-state index contributed by atoms with van der Waals surface area (Å²) in [5.74, 6) is 0.399. The van der Waals surface area contributed by atoms with E-state index in [-0.39, 0.29) is 5.91 Å². The van der Waals surface area contributed by atoms with E-state index in [2.05, 4.69) is 5.32 Å². The molecule has 1 aromatic carbocycles. The smallest absolute Gasteiger partial charge is 0.224 e. The van der Waals surface area contributed by atoms with E-state index in [0.29, 0.717) is 17.4 Å². The van der Waals surface area contributed by atoms with E-state index in [1.807, 2.05) is 32.9 Å². The van der Waals surface area contributed by atoms with Crippen LogP contribution in [0.1, 0.15) is 25.8 Å². The number of benzene rings is 1. The molecule has 15 heavy (non-hydrogen) atoms. The van der Waals surface area contributed by atoms with Crippen molar-refractivity contribution in [3.05, 3.63) is 28.8 Å². The van der Waals surface area contributed by atoms with Gasteiger partial charge < -0.3 is 5.32 Å². The largest absolute Gasteiger partial charge is 0.326 e. The molecule has 0 aliphatic heterocycles. The summed E-state index contributed by atoms with van der Waals surface area (Å²) < 4.78 is 0. The van der Waals surface area contributed by atoms with Crippen molar-refractivity contribution < 1.29 is 4.79 Å². The van der Waals surface area contributed by atoms with Crippen LogP contribution < -0.4 is 5.32 Å². The van der Waals surface area contributed by atoms with Gasteiger partial charge in [-0.1, -0.05) is 31.5 Å². The first-order chi connectivity index (χ1) is 6.99. The number of rotatable bonds is 3. The highest BCUT2D eigenvalue weighted by Crippen LogP contribution is 2.20. The molecule has 0 fully saturated rings. The fourth-order valence-corrected chi connectivity index (χ4v) is 1.43. The number of aryl methyl sites for hydroxylation is 1. The molecule has 0 unspecified atom stereocenters. The Kier molecular flexibility index (Phi) is 4.15. The molecule has 2 nitrogen and oxygen atoms in total. The molecule has 0 atom stereocenters. The molecule has 0 bridgehead atoms. The van der Waals surface area contributed by atoms with Crippen LogP contribution in [0.15, 0.2) is 18.2 Å². The first kappa shape index (κ1) is 12.1. The third-order valence-corrected chi connectivity index (χ3v) is 2.46. The van der Waals surface area contributed by atoms with Gasteiger partial charge in [-0.15, -0.1) is 0 Å². The van der Waals surface area contributed by atoms with Crippen LogP contribution in [0.4, 0.5) is 5.69 Å². The topological polar surface area (TPSA) is 29.1 Å². The molecule has 0 aromatic heterocycles. The second-order valence-corrected chi connectivity index (χ2v) is 4.52. The van der Waals surface area contributed by atoms with Gasteiger partial charge in [-0.25, -0.2) is 0 Å². The predicted octanol–water partition coefficient (Wildman–Crippen LogP) is 3.63. The minimum atomic E-state index is 0.0323. The predicted molar refractivity (Wildman–Crippen MR) is 64.3 cm³/mol. The molecule has 1 rings (SSSR count). The number of nitrogens with one attached hydrogen (secondary N) is 1. The summed E-state index contributed by atoms with van der Waals surface area (Å²) in [7, 11) is 0. The van der Waals surface area contributed by atoms with Crippen LogP contribution in [0, 0.1) is 12.8 Å². The van der Waals surface area contributed by atoms with Gasteiger partial charge in [0.25, 0.3) is 0 Å². The standard InChI is InChI=1S/C12H16ClNO/c1-8(2)6-12(15)14-10-5-4-9(3)11(13)7-10/h4-5,7-8H,6H2,1-3H3,(H,14,15). The second kappa shape index (κ2) is 5.17. The van der Waals surface area contributed by atoms with Crippen LogP contribution in [0.25, 0.3) is 0 Å². The summed E-state index contributed by atoms with van der Waals surface area (Å²) in [5.41, 5.74) is 1.77. The quantitative estimate of drug-likeness (QED) is 0.836. The first-order valence-electron chi connectivity index (χ1n) is 5.05. The molecule has 0 heterocycles. The van der Waals surface area contributed by atoms with Crippen LogP contribution in [0.2, 0.25) is 5.02 Å². The Labute approximate surface area is 95.6 Å². The zero-order valence-corrected chi connectivity index (χ0v) is 10.1. The van der Waals surface area contributed by atoms with Crippen molar-refractivity contribution in [1.82, 2.24) is 0 Å². The van der Waals surface area contributed by atoms with E-state index >= 15 is 0 Å². The molecule has 3 heteroatoms. The number of hydrogen-bond donors (Lipinski definition) is 1. The maximum Gasteiger partial charge on any atom is 0.224 e. The highest BCUT2D eigenvalue weighted by molar-refractivity contribution is 6.31. The Balaban J connectivity index is 2.65. The number of carbonyl (C=O) groups is 1. The number of anilines is 1. The lowest BCUT2D eigenvalue weighted by Gasteiger charge is -2.08. The van der Waals surface area contributed by atoms with E-state index in [1.54, 1.807) is 6.07 Å². The average Bonchev–Trinajstić information content (AvgIpc) is 2.10. The van der Waals surface area contributed by atoms with Crippen LogP contribution in [0.5, 0.6) is 0 Å². The molecule has 1 amide bonds.